The first-order valence-electron chi connectivity index (χ1n) is 9.37. The predicted octanol–water partition coefficient (Wildman–Crippen LogP) is 6.83. The molecule has 0 radical (unpaired) electrons. The van der Waals surface area contributed by atoms with Crippen molar-refractivity contribution in [2.24, 2.45) is 0 Å². The Morgan fingerprint density at radius 3 is 1.55 bits per heavy atom. The van der Waals surface area contributed by atoms with Crippen molar-refractivity contribution in [3.63, 3.8) is 0 Å². The summed E-state index contributed by atoms with van der Waals surface area (Å²) in [4.78, 5) is 12.2. The summed E-state index contributed by atoms with van der Waals surface area (Å²) >= 11 is 0. The number of carbonyl (C=O) groups excluding carboxylic acids is 1. The van der Waals surface area contributed by atoms with Gasteiger partial charge in [0.1, 0.15) is 0 Å². The molecule has 4 rings (SSSR count). The largest absolute Gasteiger partial charge is 0.513 e. The van der Waals surface area contributed by atoms with E-state index in [9.17, 15) is 4.79 Å². The molecule has 0 unspecified atom stereocenters. The Kier molecular flexibility index (Phi) is 5.39. The number of methoxy groups -OCH3 is 1. The molecule has 0 saturated carbocycles. The topological polar surface area (TPSA) is 35.5 Å². The highest BCUT2D eigenvalue weighted by Gasteiger charge is 2.21. The van der Waals surface area contributed by atoms with Crippen molar-refractivity contribution < 1.29 is 14.3 Å². The minimum Gasteiger partial charge on any atom is -0.437 e. The first-order chi connectivity index (χ1) is 14.3. The van der Waals surface area contributed by atoms with Crippen LogP contribution in [-0.2, 0) is 4.74 Å². The predicted molar refractivity (Wildman–Crippen MR) is 116 cm³/mol. The lowest BCUT2D eigenvalue weighted by atomic mass is 9.90. The van der Waals surface area contributed by atoms with Crippen LogP contribution in [0.5, 0.6) is 5.75 Å². The summed E-state index contributed by atoms with van der Waals surface area (Å²) in [5.41, 5.74) is 5.63. The molecule has 0 amide bonds. The van der Waals surface area contributed by atoms with E-state index in [-0.39, 0.29) is 0 Å². The molecule has 0 aliphatic heterocycles. The standard InChI is InChI=1S/C26H20O3/c1-28-26(27)29-25-23(20-13-7-3-8-14-20)18-17-22(19-11-5-2-6-12-19)24(25)21-15-9-4-10-16-21/h2-18H,1H3. The third-order valence-corrected chi connectivity index (χ3v) is 4.74. The van der Waals surface area contributed by atoms with Crippen molar-refractivity contribution in [1.82, 2.24) is 0 Å². The van der Waals surface area contributed by atoms with Crippen molar-refractivity contribution in [3.05, 3.63) is 103 Å². The van der Waals surface area contributed by atoms with Crippen molar-refractivity contribution in [1.29, 1.82) is 0 Å². The maximum Gasteiger partial charge on any atom is 0.513 e. The van der Waals surface area contributed by atoms with E-state index in [0.29, 0.717) is 5.75 Å². The normalized spacial score (nSPS) is 10.4. The van der Waals surface area contributed by atoms with Crippen molar-refractivity contribution in [2.45, 2.75) is 0 Å². The third-order valence-electron chi connectivity index (χ3n) is 4.74. The van der Waals surface area contributed by atoms with E-state index < -0.39 is 6.16 Å². The minimum atomic E-state index is -0.746. The molecule has 0 aliphatic carbocycles. The highest BCUT2D eigenvalue weighted by Crippen LogP contribution is 2.45. The van der Waals surface area contributed by atoms with Crippen molar-refractivity contribution in [3.8, 4) is 39.1 Å². The minimum absolute atomic E-state index is 0.482. The fraction of sp³-hybridized carbons (Fsp3) is 0.0385. The highest BCUT2D eigenvalue weighted by atomic mass is 16.7. The molecule has 4 aromatic rings. The van der Waals surface area contributed by atoms with Gasteiger partial charge in [-0.3, -0.25) is 0 Å². The van der Waals surface area contributed by atoms with Gasteiger partial charge in [0, 0.05) is 11.1 Å². The Morgan fingerprint density at radius 2 is 1.03 bits per heavy atom. The van der Waals surface area contributed by atoms with Gasteiger partial charge in [0.25, 0.3) is 0 Å². The molecule has 0 bridgehead atoms. The molecular weight excluding hydrogens is 360 g/mol. The van der Waals surface area contributed by atoms with Gasteiger partial charge in [0.05, 0.1) is 7.11 Å². The Labute approximate surface area is 170 Å². The molecule has 4 aromatic carbocycles. The van der Waals surface area contributed by atoms with Crippen molar-refractivity contribution >= 4 is 6.16 Å². The van der Waals surface area contributed by atoms with Gasteiger partial charge in [-0.2, -0.15) is 0 Å². The highest BCUT2D eigenvalue weighted by molar-refractivity contribution is 5.94. The Hall–Kier alpha value is -3.85. The van der Waals surface area contributed by atoms with Crippen molar-refractivity contribution in [2.75, 3.05) is 7.11 Å². The van der Waals surface area contributed by atoms with Gasteiger partial charge in [-0.05, 0) is 28.3 Å². The second-order valence-corrected chi connectivity index (χ2v) is 6.52. The molecule has 3 heteroatoms. The van der Waals surface area contributed by atoms with E-state index in [1.807, 2.05) is 97.1 Å². The molecule has 0 spiro atoms. The Balaban J connectivity index is 2.04. The van der Waals surface area contributed by atoms with Gasteiger partial charge in [-0.1, -0.05) is 97.1 Å². The van der Waals surface area contributed by atoms with E-state index in [2.05, 4.69) is 6.07 Å². The lowest BCUT2D eigenvalue weighted by molar-refractivity contribution is 0.122. The SMILES string of the molecule is COC(=O)Oc1c(-c2ccccc2)ccc(-c2ccccc2)c1-c1ccccc1. The fourth-order valence-electron chi connectivity index (χ4n) is 3.41. The van der Waals surface area contributed by atoms with E-state index in [1.54, 1.807) is 0 Å². The maximum absolute atomic E-state index is 12.2. The van der Waals surface area contributed by atoms with Gasteiger partial charge in [-0.15, -0.1) is 0 Å². The van der Waals surface area contributed by atoms with Crippen LogP contribution in [-0.4, -0.2) is 13.3 Å². The fourth-order valence-corrected chi connectivity index (χ4v) is 3.41. The van der Waals surface area contributed by atoms with Crippen LogP contribution in [0.3, 0.4) is 0 Å². The summed E-state index contributed by atoms with van der Waals surface area (Å²) in [6, 6.07) is 34.0. The quantitative estimate of drug-likeness (QED) is 0.287. The zero-order valence-corrected chi connectivity index (χ0v) is 16.0. The summed E-state index contributed by atoms with van der Waals surface area (Å²) in [6.07, 6.45) is -0.746. The first kappa shape index (κ1) is 18.5. The monoisotopic (exact) mass is 380 g/mol. The Morgan fingerprint density at radius 1 is 0.586 bits per heavy atom. The lowest BCUT2D eigenvalue weighted by Crippen LogP contribution is -2.09. The molecule has 142 valence electrons. The molecule has 29 heavy (non-hydrogen) atoms. The zero-order chi connectivity index (χ0) is 20.1. The molecule has 0 heterocycles. The van der Waals surface area contributed by atoms with Gasteiger partial charge >= 0.3 is 6.16 Å². The first-order valence-corrected chi connectivity index (χ1v) is 9.37. The van der Waals surface area contributed by atoms with Gasteiger partial charge < -0.3 is 9.47 Å². The van der Waals surface area contributed by atoms with Gasteiger partial charge in [0.2, 0.25) is 0 Å². The van der Waals surface area contributed by atoms with Gasteiger partial charge in [-0.25, -0.2) is 4.79 Å². The lowest BCUT2D eigenvalue weighted by Gasteiger charge is -2.19. The van der Waals surface area contributed by atoms with Crippen LogP contribution in [0.25, 0.3) is 33.4 Å². The average Bonchev–Trinajstić information content (AvgIpc) is 2.80. The number of hydrogen-bond donors (Lipinski definition) is 0. The number of rotatable bonds is 4. The van der Waals surface area contributed by atoms with E-state index in [1.165, 1.54) is 7.11 Å². The van der Waals surface area contributed by atoms with E-state index in [0.717, 1.165) is 33.4 Å². The summed E-state index contributed by atoms with van der Waals surface area (Å²) in [5.74, 6) is 0.482. The van der Waals surface area contributed by atoms with Crippen LogP contribution >= 0.6 is 0 Å². The number of benzene rings is 4. The van der Waals surface area contributed by atoms with E-state index >= 15 is 0 Å². The molecular formula is C26H20O3. The van der Waals surface area contributed by atoms with Crippen LogP contribution in [0.4, 0.5) is 4.79 Å². The Bertz CT molecular complexity index is 1100. The summed E-state index contributed by atoms with van der Waals surface area (Å²) < 4.78 is 10.6. The van der Waals surface area contributed by atoms with E-state index in [4.69, 9.17) is 9.47 Å². The summed E-state index contributed by atoms with van der Waals surface area (Å²) in [5, 5.41) is 0. The maximum atomic E-state index is 12.2. The molecule has 3 nitrogen and oxygen atoms in total. The van der Waals surface area contributed by atoms with Crippen LogP contribution in [0.1, 0.15) is 0 Å². The molecule has 0 aromatic heterocycles. The molecule has 0 N–H and O–H groups in total. The van der Waals surface area contributed by atoms with Crippen LogP contribution in [0, 0.1) is 0 Å². The second-order valence-electron chi connectivity index (χ2n) is 6.52. The average molecular weight is 380 g/mol. The zero-order valence-electron chi connectivity index (χ0n) is 16.0. The number of carbonyl (C=O) groups is 1. The summed E-state index contributed by atoms with van der Waals surface area (Å²) in [7, 11) is 1.31. The van der Waals surface area contributed by atoms with Crippen LogP contribution in [0.2, 0.25) is 0 Å². The third kappa shape index (κ3) is 3.90. The number of hydrogen-bond acceptors (Lipinski definition) is 3. The second kappa shape index (κ2) is 8.44. The van der Waals surface area contributed by atoms with Crippen LogP contribution in [0.15, 0.2) is 103 Å². The molecule has 0 atom stereocenters. The molecule has 0 saturated heterocycles. The van der Waals surface area contributed by atoms with Crippen LogP contribution < -0.4 is 4.74 Å². The smallest absolute Gasteiger partial charge is 0.437 e. The molecule has 0 fully saturated rings. The number of ether oxygens (including phenoxy) is 2. The summed E-state index contributed by atoms with van der Waals surface area (Å²) in [6.45, 7) is 0. The molecule has 0 aliphatic rings. The van der Waals surface area contributed by atoms with Gasteiger partial charge in [0.15, 0.2) is 5.75 Å².